The number of esters is 2. The molecule has 6 fully saturated rings. The van der Waals surface area contributed by atoms with Crippen LogP contribution in [0, 0.1) is 34.0 Å². The number of ether oxygens (including phenoxy) is 4. The Kier molecular flexibility index (Phi) is 4.28. The van der Waals surface area contributed by atoms with Gasteiger partial charge in [-0.3, -0.25) is 9.59 Å². The summed E-state index contributed by atoms with van der Waals surface area (Å²) in [4.78, 5) is 38.2. The molecule has 0 amide bonds. The van der Waals surface area contributed by atoms with Gasteiger partial charge in [0, 0.05) is 6.92 Å². The SMILES string of the molecule is CC(=O)SC1([O-])OC2O[C@@]34C(=O)OC5[C@H](C)[C@@H](C(C)(C)C)C2([C@H]1O)C53[C@@H](O)[C@@H]1OC(=O)[C@@H](C)[C@@]14O. The standard InChI is InChI=1S/C23H29O11S/c1-7-10(18(4,5)6)19-15(27)23(30,35-9(3)24)34-17(19)33-22-16(28)32-12(7)20(19,22)11(25)13-21(22,29)8(2)14(26)31-13/h7-8,10-13,15,17,25,27,29H,1-6H3/q-1/t7-,8-,10+,11+,12?,13+,15-,17?,19?,20?,21-,22+,23?/m1/s1. The van der Waals surface area contributed by atoms with E-state index in [1.165, 1.54) is 6.92 Å². The van der Waals surface area contributed by atoms with Gasteiger partial charge in [0.2, 0.25) is 5.60 Å². The molecule has 0 aromatic carbocycles. The molecule has 0 aromatic rings. The van der Waals surface area contributed by atoms with Crippen LogP contribution in [0.4, 0.5) is 0 Å². The molecule has 6 aliphatic rings. The number of carbonyl (C=O) groups is 3. The van der Waals surface area contributed by atoms with Gasteiger partial charge in [-0.25, -0.2) is 4.79 Å². The van der Waals surface area contributed by atoms with E-state index in [9.17, 15) is 34.8 Å². The molecule has 2 spiro atoms. The van der Waals surface area contributed by atoms with Crippen LogP contribution in [0.5, 0.6) is 0 Å². The fraction of sp³-hybridized carbons (Fsp3) is 0.870. The molecule has 4 heterocycles. The number of aliphatic hydroxyl groups is 3. The van der Waals surface area contributed by atoms with Crippen LogP contribution in [-0.2, 0) is 33.3 Å². The van der Waals surface area contributed by atoms with Crippen LogP contribution in [0.1, 0.15) is 41.5 Å². The molecular formula is C23H29O11S-. The Morgan fingerprint density at radius 1 is 1.09 bits per heavy atom. The lowest BCUT2D eigenvalue weighted by atomic mass is 9.50. The lowest BCUT2D eigenvalue weighted by molar-refractivity contribution is -0.528. The lowest BCUT2D eigenvalue weighted by Crippen LogP contribution is -2.69. The zero-order valence-electron chi connectivity index (χ0n) is 20.1. The number of carbonyl (C=O) groups excluding carboxylic acids is 3. The Bertz CT molecular complexity index is 1070. The molecule has 2 saturated carbocycles. The first-order chi connectivity index (χ1) is 16.0. The van der Waals surface area contributed by atoms with Crippen LogP contribution in [0.3, 0.4) is 0 Å². The Labute approximate surface area is 205 Å². The summed E-state index contributed by atoms with van der Waals surface area (Å²) in [6.07, 6.45) is -7.92. The van der Waals surface area contributed by atoms with Gasteiger partial charge in [0.25, 0.3) is 0 Å². The first-order valence-electron chi connectivity index (χ1n) is 11.8. The average molecular weight is 514 g/mol. The van der Waals surface area contributed by atoms with Gasteiger partial charge >= 0.3 is 11.9 Å². The highest BCUT2D eigenvalue weighted by atomic mass is 32.2. The molecule has 11 nitrogen and oxygen atoms in total. The third-order valence-corrected chi connectivity index (χ3v) is 10.6. The zero-order valence-corrected chi connectivity index (χ0v) is 21.0. The van der Waals surface area contributed by atoms with Gasteiger partial charge in [0.1, 0.15) is 12.2 Å². The van der Waals surface area contributed by atoms with E-state index in [0.717, 1.165) is 6.92 Å². The Balaban J connectivity index is 1.70. The summed E-state index contributed by atoms with van der Waals surface area (Å²) in [7, 11) is 0. The van der Waals surface area contributed by atoms with Gasteiger partial charge in [0.05, 0.1) is 28.0 Å². The van der Waals surface area contributed by atoms with Gasteiger partial charge in [-0.05, 0) is 24.2 Å². The van der Waals surface area contributed by atoms with Crippen LogP contribution < -0.4 is 5.11 Å². The maximum Gasteiger partial charge on any atom is 0.342 e. The minimum Gasteiger partial charge on any atom is -0.818 e. The predicted octanol–water partition coefficient (Wildman–Crippen LogP) is -1.36. The number of aliphatic hydroxyl groups excluding tert-OH is 2. The normalized spacial score (nSPS) is 59.7. The second-order valence-corrected chi connectivity index (χ2v) is 13.4. The predicted molar refractivity (Wildman–Crippen MR) is 113 cm³/mol. The molecule has 0 radical (unpaired) electrons. The fourth-order valence-electron chi connectivity index (χ4n) is 9.30. The van der Waals surface area contributed by atoms with Crippen molar-refractivity contribution in [3.05, 3.63) is 0 Å². The average Bonchev–Trinajstić information content (AvgIpc) is 3.40. The highest BCUT2D eigenvalue weighted by Crippen LogP contribution is 2.86. The van der Waals surface area contributed by atoms with E-state index in [0.29, 0.717) is 0 Å². The number of hydrogen-bond acceptors (Lipinski definition) is 12. The van der Waals surface area contributed by atoms with Crippen molar-refractivity contribution >= 4 is 28.8 Å². The van der Waals surface area contributed by atoms with E-state index in [4.69, 9.17) is 18.9 Å². The first-order valence-corrected chi connectivity index (χ1v) is 12.6. The fourth-order valence-corrected chi connectivity index (χ4v) is 10.1. The molecule has 12 heteroatoms. The summed E-state index contributed by atoms with van der Waals surface area (Å²) in [5, 5.41) is 46.5. The van der Waals surface area contributed by atoms with Gasteiger partial charge in [-0.2, -0.15) is 0 Å². The van der Waals surface area contributed by atoms with E-state index in [2.05, 4.69) is 0 Å². The van der Waals surface area contributed by atoms with Gasteiger partial charge in [0.15, 0.2) is 23.1 Å². The molecular weight excluding hydrogens is 484 g/mol. The number of fused-ring (bicyclic) bond motifs is 1. The molecule has 5 unspecified atom stereocenters. The van der Waals surface area contributed by atoms with Crippen LogP contribution in [0.2, 0.25) is 0 Å². The summed E-state index contributed by atoms with van der Waals surface area (Å²) in [5.74, 6) is -4.28. The van der Waals surface area contributed by atoms with E-state index in [-0.39, 0.29) is 11.8 Å². The highest BCUT2D eigenvalue weighted by Gasteiger charge is 3.04. The number of hydrogen-bond donors (Lipinski definition) is 3. The van der Waals surface area contributed by atoms with Crippen molar-refractivity contribution in [2.45, 2.75) is 88.6 Å². The third kappa shape index (κ3) is 1.99. The summed E-state index contributed by atoms with van der Waals surface area (Å²) in [5.41, 5.74) is -9.01. The molecule has 35 heavy (non-hydrogen) atoms. The molecule has 4 aliphatic heterocycles. The van der Waals surface area contributed by atoms with E-state index in [1.807, 2.05) is 20.8 Å². The topological polar surface area (TPSA) is 172 Å². The smallest absolute Gasteiger partial charge is 0.342 e. The largest absolute Gasteiger partial charge is 0.818 e. The van der Waals surface area contributed by atoms with Crippen molar-refractivity contribution in [2.24, 2.45) is 34.0 Å². The van der Waals surface area contributed by atoms with Crippen LogP contribution in [-0.4, -0.2) is 79.4 Å². The maximum absolute atomic E-state index is 13.9. The third-order valence-electron chi connectivity index (χ3n) is 9.75. The minimum absolute atomic E-state index is 0.260. The summed E-state index contributed by atoms with van der Waals surface area (Å²) in [6.45, 7) is 9.97. The second kappa shape index (κ2) is 6.23. The zero-order chi connectivity index (χ0) is 25.9. The number of thioether (sulfide) groups is 1. The second-order valence-electron chi connectivity index (χ2n) is 12.0. The molecule has 13 atom stereocenters. The van der Waals surface area contributed by atoms with E-state index < -0.39 is 98.1 Å². The van der Waals surface area contributed by atoms with Crippen LogP contribution >= 0.6 is 11.8 Å². The lowest BCUT2D eigenvalue weighted by Gasteiger charge is -2.51. The molecule has 0 bridgehead atoms. The molecule has 4 saturated heterocycles. The minimum atomic E-state index is -2.70. The monoisotopic (exact) mass is 513 g/mol. The van der Waals surface area contributed by atoms with Gasteiger partial charge in [-0.1, -0.05) is 39.5 Å². The molecule has 3 N–H and O–H groups in total. The van der Waals surface area contributed by atoms with Gasteiger partial charge < -0.3 is 39.4 Å². The maximum atomic E-state index is 13.9. The molecule has 6 rings (SSSR count). The number of rotatable bonds is 1. The van der Waals surface area contributed by atoms with Crippen molar-refractivity contribution in [3.8, 4) is 0 Å². The highest BCUT2D eigenvalue weighted by molar-refractivity contribution is 8.14. The molecule has 2 aliphatic carbocycles. The van der Waals surface area contributed by atoms with Crippen molar-refractivity contribution in [1.82, 2.24) is 0 Å². The van der Waals surface area contributed by atoms with Crippen molar-refractivity contribution in [3.63, 3.8) is 0 Å². The van der Waals surface area contributed by atoms with Crippen LogP contribution in [0.25, 0.3) is 0 Å². The molecule has 0 aromatic heterocycles. The quantitative estimate of drug-likeness (QED) is 0.278. The molecule has 194 valence electrons. The Morgan fingerprint density at radius 2 is 1.71 bits per heavy atom. The first kappa shape index (κ1) is 24.1. The Morgan fingerprint density at radius 3 is 2.29 bits per heavy atom. The van der Waals surface area contributed by atoms with Crippen molar-refractivity contribution in [1.29, 1.82) is 0 Å². The van der Waals surface area contributed by atoms with E-state index in [1.54, 1.807) is 6.92 Å². The van der Waals surface area contributed by atoms with Crippen molar-refractivity contribution in [2.75, 3.05) is 0 Å². The summed E-state index contributed by atoms with van der Waals surface area (Å²) in [6, 6.07) is 0. The van der Waals surface area contributed by atoms with Gasteiger partial charge in [-0.15, -0.1) is 0 Å². The van der Waals surface area contributed by atoms with Crippen LogP contribution in [0.15, 0.2) is 0 Å². The summed E-state index contributed by atoms with van der Waals surface area (Å²) >= 11 is 0.260. The van der Waals surface area contributed by atoms with Crippen molar-refractivity contribution < 1.29 is 53.8 Å². The Hall–Kier alpha value is -1.28. The van der Waals surface area contributed by atoms with E-state index >= 15 is 0 Å². The summed E-state index contributed by atoms with van der Waals surface area (Å²) < 4.78 is 23.3.